The van der Waals surface area contributed by atoms with Gasteiger partial charge in [-0.05, 0) is 37.5 Å². The predicted octanol–water partition coefficient (Wildman–Crippen LogP) is 1.45. The van der Waals surface area contributed by atoms with Crippen LogP contribution in [0.15, 0.2) is 29.2 Å². The van der Waals surface area contributed by atoms with Crippen LogP contribution in [0.2, 0.25) is 0 Å². The standard InChI is InChI=1S/C14H21NO4S2/c1-4-12-5-7-13(8-6-12)21(18,19)15(3)14(2)9-10-20(16,17)11-14/h5-8H,4,9-11H2,1-3H3/t14-/m1/s1. The van der Waals surface area contributed by atoms with E-state index in [1.807, 2.05) is 6.92 Å². The summed E-state index contributed by atoms with van der Waals surface area (Å²) in [7, 11) is -5.38. The lowest BCUT2D eigenvalue weighted by molar-refractivity contribution is 0.272. The van der Waals surface area contributed by atoms with E-state index in [-0.39, 0.29) is 16.4 Å². The van der Waals surface area contributed by atoms with Gasteiger partial charge in [-0.1, -0.05) is 19.1 Å². The van der Waals surface area contributed by atoms with E-state index in [1.165, 1.54) is 11.4 Å². The molecule has 1 heterocycles. The highest BCUT2D eigenvalue weighted by atomic mass is 32.2. The van der Waals surface area contributed by atoms with Gasteiger partial charge in [0.25, 0.3) is 0 Å². The number of sulfone groups is 1. The first-order chi connectivity index (χ1) is 9.61. The first-order valence-electron chi connectivity index (χ1n) is 6.89. The van der Waals surface area contributed by atoms with Gasteiger partial charge in [0.15, 0.2) is 9.84 Å². The lowest BCUT2D eigenvalue weighted by Gasteiger charge is -2.33. The van der Waals surface area contributed by atoms with Crippen LogP contribution in [0.1, 0.15) is 25.8 Å². The normalized spacial score (nSPS) is 25.3. The highest BCUT2D eigenvalue weighted by Crippen LogP contribution is 2.32. The molecule has 118 valence electrons. The number of aryl methyl sites for hydroxylation is 1. The van der Waals surface area contributed by atoms with Crippen LogP contribution in [0.25, 0.3) is 0 Å². The third kappa shape index (κ3) is 3.14. The molecule has 5 nitrogen and oxygen atoms in total. The summed E-state index contributed by atoms with van der Waals surface area (Å²) in [6.45, 7) is 3.69. The summed E-state index contributed by atoms with van der Waals surface area (Å²) < 4.78 is 49.9. The summed E-state index contributed by atoms with van der Waals surface area (Å²) in [6.07, 6.45) is 1.17. The van der Waals surface area contributed by atoms with Crippen LogP contribution in [0.4, 0.5) is 0 Å². The summed E-state index contributed by atoms with van der Waals surface area (Å²) in [6, 6.07) is 6.73. The highest BCUT2D eigenvalue weighted by molar-refractivity contribution is 7.92. The third-order valence-corrected chi connectivity index (χ3v) is 8.15. The highest BCUT2D eigenvalue weighted by Gasteiger charge is 2.46. The molecule has 1 atom stereocenters. The number of hydrogen-bond acceptors (Lipinski definition) is 4. The Morgan fingerprint density at radius 2 is 1.81 bits per heavy atom. The molecule has 21 heavy (non-hydrogen) atoms. The predicted molar refractivity (Wildman–Crippen MR) is 82.4 cm³/mol. The molecule has 0 spiro atoms. The van der Waals surface area contributed by atoms with Gasteiger partial charge in [-0.2, -0.15) is 4.31 Å². The van der Waals surface area contributed by atoms with E-state index in [2.05, 4.69) is 0 Å². The molecule has 1 saturated heterocycles. The molecule has 1 aliphatic rings. The van der Waals surface area contributed by atoms with Crippen LogP contribution in [0.5, 0.6) is 0 Å². The molecule has 0 bridgehead atoms. The Bertz CT molecular complexity index is 723. The second kappa shape index (κ2) is 5.37. The van der Waals surface area contributed by atoms with Crippen LogP contribution in [-0.4, -0.2) is 45.2 Å². The second-order valence-electron chi connectivity index (χ2n) is 5.81. The molecule has 0 unspecified atom stereocenters. The topological polar surface area (TPSA) is 71.5 Å². The molecule has 1 aromatic rings. The lowest BCUT2D eigenvalue weighted by Crippen LogP contribution is -2.48. The summed E-state index contributed by atoms with van der Waals surface area (Å²) in [4.78, 5) is 0.202. The maximum Gasteiger partial charge on any atom is 0.243 e. The number of nitrogens with zero attached hydrogens (tertiary/aromatic N) is 1. The Balaban J connectivity index is 2.34. The second-order valence-corrected chi connectivity index (χ2v) is 9.96. The van der Waals surface area contributed by atoms with E-state index in [1.54, 1.807) is 31.2 Å². The Morgan fingerprint density at radius 1 is 1.24 bits per heavy atom. The molecule has 0 aromatic heterocycles. The Kier molecular flexibility index (Phi) is 4.21. The van der Waals surface area contributed by atoms with Crippen LogP contribution >= 0.6 is 0 Å². The van der Waals surface area contributed by atoms with E-state index in [0.717, 1.165) is 12.0 Å². The quantitative estimate of drug-likeness (QED) is 0.837. The van der Waals surface area contributed by atoms with Crippen molar-refractivity contribution < 1.29 is 16.8 Å². The molecule has 0 amide bonds. The van der Waals surface area contributed by atoms with Crippen molar-refractivity contribution in [2.45, 2.75) is 37.1 Å². The summed E-state index contributed by atoms with van der Waals surface area (Å²) >= 11 is 0. The van der Waals surface area contributed by atoms with Crippen molar-refractivity contribution in [3.8, 4) is 0 Å². The fourth-order valence-electron chi connectivity index (χ4n) is 2.59. The number of hydrogen-bond donors (Lipinski definition) is 0. The fourth-order valence-corrected chi connectivity index (χ4v) is 6.38. The zero-order chi connectivity index (χ0) is 15.9. The smallest absolute Gasteiger partial charge is 0.229 e. The maximum atomic E-state index is 12.7. The molecule has 7 heteroatoms. The van der Waals surface area contributed by atoms with Gasteiger partial charge >= 0.3 is 0 Å². The Labute approximate surface area is 126 Å². The Hall–Kier alpha value is -0.920. The average molecular weight is 331 g/mol. The van der Waals surface area contributed by atoms with E-state index < -0.39 is 25.4 Å². The molecule has 0 radical (unpaired) electrons. The zero-order valence-electron chi connectivity index (χ0n) is 12.5. The summed E-state index contributed by atoms with van der Waals surface area (Å²) in [5.41, 5.74) is 0.187. The van der Waals surface area contributed by atoms with Crippen molar-refractivity contribution in [1.82, 2.24) is 4.31 Å². The van der Waals surface area contributed by atoms with Gasteiger partial charge in [0.2, 0.25) is 10.0 Å². The van der Waals surface area contributed by atoms with E-state index in [0.29, 0.717) is 6.42 Å². The minimum atomic E-state index is -3.69. The first-order valence-corrected chi connectivity index (χ1v) is 10.2. The molecule has 2 rings (SSSR count). The number of sulfonamides is 1. The van der Waals surface area contributed by atoms with E-state index >= 15 is 0 Å². The molecular weight excluding hydrogens is 310 g/mol. The van der Waals surface area contributed by atoms with E-state index in [4.69, 9.17) is 0 Å². The molecule has 0 saturated carbocycles. The monoisotopic (exact) mass is 331 g/mol. The van der Waals surface area contributed by atoms with Gasteiger partial charge in [0.1, 0.15) is 0 Å². The van der Waals surface area contributed by atoms with Crippen LogP contribution in [0, 0.1) is 0 Å². The molecule has 1 fully saturated rings. The fraction of sp³-hybridized carbons (Fsp3) is 0.571. The maximum absolute atomic E-state index is 12.7. The van der Waals surface area contributed by atoms with Crippen molar-refractivity contribution in [2.24, 2.45) is 0 Å². The van der Waals surface area contributed by atoms with Gasteiger partial charge in [0.05, 0.1) is 16.4 Å². The largest absolute Gasteiger partial charge is 0.243 e. The van der Waals surface area contributed by atoms with Crippen molar-refractivity contribution in [2.75, 3.05) is 18.6 Å². The van der Waals surface area contributed by atoms with Gasteiger partial charge in [-0.15, -0.1) is 0 Å². The Morgan fingerprint density at radius 3 is 2.24 bits per heavy atom. The zero-order valence-corrected chi connectivity index (χ0v) is 14.2. The van der Waals surface area contributed by atoms with E-state index in [9.17, 15) is 16.8 Å². The van der Waals surface area contributed by atoms with Crippen molar-refractivity contribution in [3.05, 3.63) is 29.8 Å². The third-order valence-electron chi connectivity index (χ3n) is 4.23. The molecule has 0 aliphatic carbocycles. The lowest BCUT2D eigenvalue weighted by atomic mass is 10.0. The number of benzene rings is 1. The molecule has 0 N–H and O–H groups in total. The van der Waals surface area contributed by atoms with Gasteiger partial charge in [-0.3, -0.25) is 0 Å². The van der Waals surface area contributed by atoms with Crippen molar-refractivity contribution in [1.29, 1.82) is 0 Å². The first kappa shape index (κ1) is 16.5. The molecular formula is C14H21NO4S2. The summed E-state index contributed by atoms with van der Waals surface area (Å²) in [5.74, 6) is -0.0824. The number of rotatable bonds is 4. The van der Waals surface area contributed by atoms with Crippen LogP contribution < -0.4 is 0 Å². The van der Waals surface area contributed by atoms with Crippen LogP contribution in [-0.2, 0) is 26.3 Å². The average Bonchev–Trinajstić information content (AvgIpc) is 2.73. The van der Waals surface area contributed by atoms with Crippen molar-refractivity contribution >= 4 is 19.9 Å². The van der Waals surface area contributed by atoms with Crippen molar-refractivity contribution in [3.63, 3.8) is 0 Å². The molecule has 1 aliphatic heterocycles. The SMILES string of the molecule is CCc1ccc(S(=O)(=O)N(C)[C@]2(C)CCS(=O)(=O)C2)cc1. The minimum Gasteiger partial charge on any atom is -0.229 e. The van der Waals surface area contributed by atoms with Gasteiger partial charge < -0.3 is 0 Å². The van der Waals surface area contributed by atoms with Gasteiger partial charge in [-0.25, -0.2) is 16.8 Å². The summed E-state index contributed by atoms with van der Waals surface area (Å²) in [5, 5.41) is 0. The molecule has 1 aromatic carbocycles. The van der Waals surface area contributed by atoms with Gasteiger partial charge in [0, 0.05) is 12.6 Å². The van der Waals surface area contributed by atoms with Crippen LogP contribution in [0.3, 0.4) is 0 Å². The minimum absolute atomic E-state index is 0.0398.